The smallest absolute Gasteiger partial charge is 0.407 e. The Labute approximate surface area is 211 Å². The quantitative estimate of drug-likeness (QED) is 0.329. The summed E-state index contributed by atoms with van der Waals surface area (Å²) in [6.45, 7) is 0.364. The number of ether oxygens (including phenoxy) is 1. The van der Waals surface area contributed by atoms with E-state index in [1.165, 1.54) is 12.1 Å². The minimum Gasteiger partial charge on any atom is -0.480 e. The maximum atomic E-state index is 13.4. The maximum Gasteiger partial charge on any atom is 0.407 e. The molecule has 0 saturated heterocycles. The number of nitrogens with one attached hydrogen (secondary N) is 1. The molecule has 36 heavy (non-hydrogen) atoms. The summed E-state index contributed by atoms with van der Waals surface area (Å²) in [5.74, 6) is -1.22. The van der Waals surface area contributed by atoms with Crippen molar-refractivity contribution in [1.82, 2.24) is 9.62 Å². The molecular formula is C27H30N2O6S. The van der Waals surface area contributed by atoms with Crippen molar-refractivity contribution in [2.24, 2.45) is 0 Å². The number of nitrogens with zero attached hydrogens (tertiary/aromatic N) is 1. The Hall–Kier alpha value is -3.69. The number of carboxylic acid groups (broad SMARTS) is 1. The monoisotopic (exact) mass is 510 g/mol. The predicted octanol–water partition coefficient (Wildman–Crippen LogP) is 4.43. The Morgan fingerprint density at radius 2 is 1.39 bits per heavy atom. The van der Waals surface area contributed by atoms with E-state index in [1.807, 2.05) is 36.4 Å². The van der Waals surface area contributed by atoms with E-state index in [2.05, 4.69) is 5.32 Å². The summed E-state index contributed by atoms with van der Waals surface area (Å²) in [7, 11) is -4.07. The lowest BCUT2D eigenvalue weighted by atomic mass is 10.1. The summed E-state index contributed by atoms with van der Waals surface area (Å²) >= 11 is 0. The van der Waals surface area contributed by atoms with Gasteiger partial charge in [-0.3, -0.25) is 4.79 Å². The van der Waals surface area contributed by atoms with E-state index in [1.54, 1.807) is 42.5 Å². The van der Waals surface area contributed by atoms with Crippen molar-refractivity contribution in [2.45, 2.75) is 43.4 Å². The van der Waals surface area contributed by atoms with Crippen LogP contribution >= 0.6 is 0 Å². The minimum atomic E-state index is -4.07. The van der Waals surface area contributed by atoms with Crippen LogP contribution in [0.25, 0.3) is 0 Å². The number of hydrogen-bond donors (Lipinski definition) is 2. The first-order chi connectivity index (χ1) is 17.4. The molecule has 0 aromatic heterocycles. The van der Waals surface area contributed by atoms with E-state index in [4.69, 9.17) is 4.74 Å². The van der Waals surface area contributed by atoms with Gasteiger partial charge in [0.1, 0.15) is 12.6 Å². The molecule has 0 aliphatic carbocycles. The zero-order valence-electron chi connectivity index (χ0n) is 19.8. The van der Waals surface area contributed by atoms with Gasteiger partial charge in [0.15, 0.2) is 0 Å². The molecule has 0 fully saturated rings. The van der Waals surface area contributed by atoms with Crippen LogP contribution in [-0.2, 0) is 32.7 Å². The fraction of sp³-hybridized carbons (Fsp3) is 0.259. The number of carbonyl (C=O) groups is 2. The van der Waals surface area contributed by atoms with Crippen molar-refractivity contribution >= 4 is 22.1 Å². The van der Waals surface area contributed by atoms with Crippen LogP contribution in [0, 0.1) is 0 Å². The Kier molecular flexibility index (Phi) is 10.0. The highest BCUT2D eigenvalue weighted by Gasteiger charge is 2.35. The number of carboxylic acids is 1. The number of rotatable bonds is 13. The lowest BCUT2D eigenvalue weighted by molar-refractivity contribution is -0.141. The van der Waals surface area contributed by atoms with E-state index in [0.29, 0.717) is 18.4 Å². The van der Waals surface area contributed by atoms with Gasteiger partial charge in [-0.25, -0.2) is 13.2 Å². The maximum absolute atomic E-state index is 13.4. The van der Waals surface area contributed by atoms with Crippen molar-refractivity contribution < 1.29 is 27.9 Å². The van der Waals surface area contributed by atoms with Crippen LogP contribution in [0.15, 0.2) is 95.9 Å². The van der Waals surface area contributed by atoms with Gasteiger partial charge in [-0.2, -0.15) is 4.31 Å². The van der Waals surface area contributed by atoms with Crippen LogP contribution in [0.1, 0.15) is 30.4 Å². The number of sulfonamides is 1. The summed E-state index contributed by atoms with van der Waals surface area (Å²) in [4.78, 5) is 24.1. The first kappa shape index (κ1) is 26.9. The summed E-state index contributed by atoms with van der Waals surface area (Å²) in [6, 6.07) is 24.7. The van der Waals surface area contributed by atoms with Crippen LogP contribution in [-0.4, -0.2) is 42.5 Å². The number of alkyl carbamates (subject to hydrolysis) is 1. The largest absolute Gasteiger partial charge is 0.480 e. The summed E-state index contributed by atoms with van der Waals surface area (Å²) < 4.78 is 33.1. The highest BCUT2D eigenvalue weighted by atomic mass is 32.2. The number of aliphatic carboxylic acids is 1. The summed E-state index contributed by atoms with van der Waals surface area (Å²) in [6.07, 6.45) is 0.390. The van der Waals surface area contributed by atoms with Crippen LogP contribution in [0.3, 0.4) is 0 Å². The minimum absolute atomic E-state index is 0.0370. The van der Waals surface area contributed by atoms with Gasteiger partial charge in [-0.1, -0.05) is 78.9 Å². The topological polar surface area (TPSA) is 113 Å². The molecular weight excluding hydrogens is 480 g/mol. The summed E-state index contributed by atoms with van der Waals surface area (Å²) in [5.41, 5.74) is 1.56. The summed E-state index contributed by atoms with van der Waals surface area (Å²) in [5, 5.41) is 12.6. The number of unbranched alkanes of at least 4 members (excludes halogenated alkanes) is 1. The average molecular weight is 511 g/mol. The van der Waals surface area contributed by atoms with Gasteiger partial charge < -0.3 is 15.2 Å². The molecule has 0 unspecified atom stereocenters. The van der Waals surface area contributed by atoms with Crippen LogP contribution in [0.5, 0.6) is 0 Å². The van der Waals surface area contributed by atoms with E-state index >= 15 is 0 Å². The first-order valence-electron chi connectivity index (χ1n) is 11.7. The Bertz CT molecular complexity index is 1200. The highest BCUT2D eigenvalue weighted by molar-refractivity contribution is 7.89. The van der Waals surface area contributed by atoms with Crippen molar-refractivity contribution in [3.05, 3.63) is 102 Å². The zero-order chi connectivity index (χ0) is 25.8. The molecule has 3 aromatic rings. The van der Waals surface area contributed by atoms with Gasteiger partial charge in [0.05, 0.1) is 4.90 Å². The average Bonchev–Trinajstić information content (AvgIpc) is 2.90. The fourth-order valence-corrected chi connectivity index (χ4v) is 5.29. The predicted molar refractivity (Wildman–Crippen MR) is 136 cm³/mol. The lowest BCUT2D eigenvalue weighted by Crippen LogP contribution is -2.44. The molecule has 190 valence electrons. The van der Waals surface area contributed by atoms with Crippen molar-refractivity contribution in [1.29, 1.82) is 0 Å². The molecule has 1 amide bonds. The normalized spacial score (nSPS) is 12.1. The van der Waals surface area contributed by atoms with Gasteiger partial charge in [0.2, 0.25) is 10.0 Å². The number of amides is 1. The third-order valence-corrected chi connectivity index (χ3v) is 7.42. The van der Waals surface area contributed by atoms with Gasteiger partial charge in [0, 0.05) is 13.1 Å². The second-order valence-corrected chi connectivity index (χ2v) is 10.1. The van der Waals surface area contributed by atoms with Crippen molar-refractivity contribution in [2.75, 3.05) is 6.54 Å². The molecule has 0 saturated carbocycles. The van der Waals surface area contributed by atoms with Crippen LogP contribution < -0.4 is 5.32 Å². The molecule has 3 rings (SSSR count). The zero-order valence-corrected chi connectivity index (χ0v) is 20.6. The molecule has 0 spiro atoms. The number of hydrogen-bond acceptors (Lipinski definition) is 5. The third-order valence-electron chi connectivity index (χ3n) is 5.55. The van der Waals surface area contributed by atoms with Crippen LogP contribution in [0.2, 0.25) is 0 Å². The Morgan fingerprint density at radius 1 is 0.833 bits per heavy atom. The number of benzene rings is 3. The second kappa shape index (κ2) is 13.4. The molecule has 3 aromatic carbocycles. The molecule has 1 atom stereocenters. The fourth-order valence-electron chi connectivity index (χ4n) is 3.67. The van der Waals surface area contributed by atoms with Gasteiger partial charge in [0.25, 0.3) is 0 Å². The highest BCUT2D eigenvalue weighted by Crippen LogP contribution is 2.24. The van der Waals surface area contributed by atoms with E-state index < -0.39 is 28.1 Å². The van der Waals surface area contributed by atoms with E-state index in [9.17, 15) is 23.1 Å². The van der Waals surface area contributed by atoms with Gasteiger partial charge in [-0.05, 0) is 42.5 Å². The SMILES string of the molecule is O=C(NCCCC[C@@H](C(=O)O)N(Cc1ccccc1)S(=O)(=O)c1ccccc1)OCc1ccccc1. The van der Waals surface area contributed by atoms with Gasteiger partial charge >= 0.3 is 12.1 Å². The lowest BCUT2D eigenvalue weighted by Gasteiger charge is -2.28. The van der Waals surface area contributed by atoms with Crippen LogP contribution in [0.4, 0.5) is 4.79 Å². The molecule has 9 heteroatoms. The molecule has 0 heterocycles. The second-order valence-electron chi connectivity index (χ2n) is 8.19. The standard InChI is InChI=1S/C27H30N2O6S/c30-26(31)25(18-10-11-19-28-27(32)35-21-23-14-6-2-7-15-23)29(20-22-12-4-1-5-13-22)36(33,34)24-16-8-3-9-17-24/h1-9,12-17,25H,10-11,18-21H2,(H,28,32)(H,30,31)/t25-/m0/s1. The Morgan fingerprint density at radius 3 is 1.97 bits per heavy atom. The molecule has 0 bridgehead atoms. The molecule has 8 nitrogen and oxygen atoms in total. The third kappa shape index (κ3) is 7.93. The van der Waals surface area contributed by atoms with Crippen molar-refractivity contribution in [3.63, 3.8) is 0 Å². The molecule has 0 aliphatic rings. The molecule has 2 N–H and O–H groups in total. The van der Waals surface area contributed by atoms with Gasteiger partial charge in [-0.15, -0.1) is 0 Å². The molecule has 0 aliphatic heterocycles. The first-order valence-corrected chi connectivity index (χ1v) is 13.1. The van der Waals surface area contributed by atoms with Crippen molar-refractivity contribution in [3.8, 4) is 0 Å². The molecule has 0 radical (unpaired) electrons. The van der Waals surface area contributed by atoms with E-state index in [0.717, 1.165) is 9.87 Å². The number of carbonyl (C=O) groups excluding carboxylic acids is 1. The van der Waals surface area contributed by atoms with E-state index in [-0.39, 0.29) is 31.0 Å². The Balaban J connectivity index is 1.60.